The Bertz CT molecular complexity index is 638. The van der Waals surface area contributed by atoms with Gasteiger partial charge < -0.3 is 19.3 Å². The third-order valence-corrected chi connectivity index (χ3v) is 4.10. The summed E-state index contributed by atoms with van der Waals surface area (Å²) in [6.45, 7) is 0.835. The molecule has 0 spiro atoms. The molecule has 1 N–H and O–H groups in total. The summed E-state index contributed by atoms with van der Waals surface area (Å²) in [4.78, 5) is 14.7. The second-order valence-corrected chi connectivity index (χ2v) is 5.45. The second kappa shape index (κ2) is 6.34. The fourth-order valence-electron chi connectivity index (χ4n) is 2.99. The van der Waals surface area contributed by atoms with E-state index in [1.165, 1.54) is 0 Å². The van der Waals surface area contributed by atoms with E-state index in [1.807, 2.05) is 60.3 Å². The fourth-order valence-corrected chi connectivity index (χ4v) is 2.99. The zero-order valence-corrected chi connectivity index (χ0v) is 12.6. The first kappa shape index (κ1) is 14.8. The van der Waals surface area contributed by atoms with Crippen molar-refractivity contribution in [3.05, 3.63) is 59.9 Å². The largest absolute Gasteiger partial charge is 0.394 e. The minimum absolute atomic E-state index is 0.0388. The number of amides is 1. The predicted molar refractivity (Wildman–Crippen MR) is 82.5 cm³/mol. The summed E-state index contributed by atoms with van der Waals surface area (Å²) in [5, 5.41) is 9.64. The summed E-state index contributed by atoms with van der Waals surface area (Å²) in [6, 6.07) is 13.1. The van der Waals surface area contributed by atoms with Gasteiger partial charge in [-0.15, -0.1) is 0 Å². The van der Waals surface area contributed by atoms with Crippen LogP contribution in [0.3, 0.4) is 0 Å². The van der Waals surface area contributed by atoms with Crippen LogP contribution in [0, 0.1) is 0 Å². The number of benzene rings is 1. The molecule has 0 radical (unpaired) electrons. The van der Waals surface area contributed by atoms with Crippen molar-refractivity contribution in [2.24, 2.45) is 7.05 Å². The molecule has 5 nitrogen and oxygen atoms in total. The molecule has 1 amide bonds. The van der Waals surface area contributed by atoms with E-state index in [-0.39, 0.29) is 18.6 Å². The molecular formula is C17H20N2O3. The number of nitrogens with zero attached hydrogens (tertiary/aromatic N) is 2. The Hall–Kier alpha value is -2.11. The van der Waals surface area contributed by atoms with Crippen molar-refractivity contribution in [3.8, 4) is 0 Å². The number of morpholine rings is 1. The van der Waals surface area contributed by atoms with Gasteiger partial charge in [0, 0.05) is 19.8 Å². The molecule has 2 heterocycles. The molecule has 1 saturated heterocycles. The number of aryl methyl sites for hydroxylation is 1. The lowest BCUT2D eigenvalue weighted by Crippen LogP contribution is -2.49. The summed E-state index contributed by atoms with van der Waals surface area (Å²) in [6.07, 6.45) is 1.45. The van der Waals surface area contributed by atoms with E-state index in [0.29, 0.717) is 18.8 Å². The van der Waals surface area contributed by atoms with E-state index in [4.69, 9.17) is 4.74 Å². The predicted octanol–water partition coefficient (Wildman–Crippen LogP) is 1.60. The van der Waals surface area contributed by atoms with Crippen LogP contribution < -0.4 is 0 Å². The Labute approximate surface area is 129 Å². The number of ether oxygens (including phenoxy) is 1. The minimum atomic E-state index is -0.402. The number of carbonyl (C=O) groups excluding carboxylic acids is 1. The van der Waals surface area contributed by atoms with Crippen LogP contribution in [0.25, 0.3) is 0 Å². The van der Waals surface area contributed by atoms with Crippen LogP contribution in [-0.4, -0.2) is 46.3 Å². The quantitative estimate of drug-likeness (QED) is 0.937. The van der Waals surface area contributed by atoms with Gasteiger partial charge in [-0.05, 0) is 17.7 Å². The van der Waals surface area contributed by atoms with E-state index < -0.39 is 6.10 Å². The maximum Gasteiger partial charge on any atom is 0.271 e. The summed E-state index contributed by atoms with van der Waals surface area (Å²) in [5.74, 6) is -0.0388. The van der Waals surface area contributed by atoms with Crippen LogP contribution in [0.2, 0.25) is 0 Å². The summed E-state index contributed by atoms with van der Waals surface area (Å²) in [7, 11) is 1.86. The molecule has 3 rings (SSSR count). The average molecular weight is 300 g/mol. The molecule has 1 aromatic carbocycles. The molecule has 0 saturated carbocycles. The first-order chi connectivity index (χ1) is 10.7. The normalized spacial score (nSPS) is 21.8. The van der Waals surface area contributed by atoms with Crippen molar-refractivity contribution < 1.29 is 14.6 Å². The van der Waals surface area contributed by atoms with Gasteiger partial charge in [-0.2, -0.15) is 0 Å². The van der Waals surface area contributed by atoms with Crippen molar-refractivity contribution in [2.75, 3.05) is 19.8 Å². The Morgan fingerprint density at radius 1 is 1.27 bits per heavy atom. The van der Waals surface area contributed by atoms with Gasteiger partial charge in [-0.3, -0.25) is 4.79 Å². The molecule has 1 fully saturated rings. The molecule has 1 aliphatic heterocycles. The highest BCUT2D eigenvalue weighted by molar-refractivity contribution is 5.93. The third-order valence-electron chi connectivity index (χ3n) is 4.10. The van der Waals surface area contributed by atoms with Gasteiger partial charge in [0.1, 0.15) is 11.8 Å². The van der Waals surface area contributed by atoms with Crippen molar-refractivity contribution in [1.82, 2.24) is 9.47 Å². The Balaban J connectivity index is 1.96. The number of rotatable bonds is 3. The summed E-state index contributed by atoms with van der Waals surface area (Å²) >= 11 is 0. The van der Waals surface area contributed by atoms with Crippen LogP contribution in [0.4, 0.5) is 0 Å². The molecule has 0 aliphatic carbocycles. The Morgan fingerprint density at radius 3 is 2.68 bits per heavy atom. The highest BCUT2D eigenvalue weighted by atomic mass is 16.5. The average Bonchev–Trinajstić information content (AvgIpc) is 3.00. The summed E-state index contributed by atoms with van der Waals surface area (Å²) < 4.78 is 7.48. The number of hydrogen-bond donors (Lipinski definition) is 1. The fraction of sp³-hybridized carbons (Fsp3) is 0.353. The zero-order valence-electron chi connectivity index (χ0n) is 12.6. The molecule has 0 unspecified atom stereocenters. The van der Waals surface area contributed by atoms with E-state index >= 15 is 0 Å². The monoisotopic (exact) mass is 300 g/mol. The highest BCUT2D eigenvalue weighted by Gasteiger charge is 2.36. The van der Waals surface area contributed by atoms with Crippen LogP contribution in [-0.2, 0) is 11.8 Å². The molecule has 1 aromatic heterocycles. The molecule has 2 atom stereocenters. The highest BCUT2D eigenvalue weighted by Crippen LogP contribution is 2.30. The first-order valence-electron chi connectivity index (χ1n) is 7.42. The molecule has 0 bridgehead atoms. The lowest BCUT2D eigenvalue weighted by atomic mass is 9.98. The van der Waals surface area contributed by atoms with Crippen molar-refractivity contribution in [2.45, 2.75) is 12.1 Å². The smallest absolute Gasteiger partial charge is 0.271 e. The van der Waals surface area contributed by atoms with E-state index in [1.54, 1.807) is 4.90 Å². The molecule has 5 heteroatoms. The maximum atomic E-state index is 12.9. The van der Waals surface area contributed by atoms with Gasteiger partial charge in [-0.25, -0.2) is 0 Å². The lowest BCUT2D eigenvalue weighted by Gasteiger charge is -2.41. The van der Waals surface area contributed by atoms with Crippen LogP contribution in [0.1, 0.15) is 22.1 Å². The number of aliphatic hydroxyl groups is 1. The van der Waals surface area contributed by atoms with Crippen LogP contribution in [0.5, 0.6) is 0 Å². The van der Waals surface area contributed by atoms with E-state index in [0.717, 1.165) is 5.56 Å². The lowest BCUT2D eigenvalue weighted by molar-refractivity contribution is -0.0813. The number of hydrogen-bond acceptors (Lipinski definition) is 3. The van der Waals surface area contributed by atoms with Crippen LogP contribution >= 0.6 is 0 Å². The second-order valence-electron chi connectivity index (χ2n) is 5.45. The topological polar surface area (TPSA) is 54.7 Å². The first-order valence-corrected chi connectivity index (χ1v) is 7.42. The van der Waals surface area contributed by atoms with Crippen molar-refractivity contribution in [3.63, 3.8) is 0 Å². The maximum absolute atomic E-state index is 12.9. The molecule has 2 aromatic rings. The van der Waals surface area contributed by atoms with E-state index in [2.05, 4.69) is 0 Å². The molecular weight excluding hydrogens is 280 g/mol. The number of aliphatic hydroxyl groups excluding tert-OH is 1. The van der Waals surface area contributed by atoms with Gasteiger partial charge in [0.05, 0.1) is 19.3 Å². The van der Waals surface area contributed by atoms with Gasteiger partial charge in [0.15, 0.2) is 0 Å². The number of carbonyl (C=O) groups is 1. The minimum Gasteiger partial charge on any atom is -0.394 e. The number of aromatic nitrogens is 1. The molecule has 116 valence electrons. The molecule has 1 aliphatic rings. The standard InChI is InChI=1S/C17H20N2O3/c1-18-9-5-8-14(18)17(21)19-10-11-22-15(12-20)16(19)13-6-3-2-4-7-13/h2-9,15-16,20H,10-12H2,1H3/t15-,16-/m0/s1. The Morgan fingerprint density at radius 2 is 2.05 bits per heavy atom. The Kier molecular flexibility index (Phi) is 4.27. The van der Waals surface area contributed by atoms with Crippen LogP contribution in [0.15, 0.2) is 48.7 Å². The van der Waals surface area contributed by atoms with Gasteiger partial charge in [0.25, 0.3) is 5.91 Å². The van der Waals surface area contributed by atoms with Gasteiger partial charge >= 0.3 is 0 Å². The van der Waals surface area contributed by atoms with Gasteiger partial charge in [0.2, 0.25) is 0 Å². The van der Waals surface area contributed by atoms with Gasteiger partial charge in [-0.1, -0.05) is 30.3 Å². The van der Waals surface area contributed by atoms with E-state index in [9.17, 15) is 9.90 Å². The summed E-state index contributed by atoms with van der Waals surface area (Å²) in [5.41, 5.74) is 1.61. The SMILES string of the molecule is Cn1cccc1C(=O)N1CCO[C@@H](CO)[C@@H]1c1ccccc1. The van der Waals surface area contributed by atoms with Crippen molar-refractivity contribution >= 4 is 5.91 Å². The molecule has 22 heavy (non-hydrogen) atoms. The third kappa shape index (κ3) is 2.65. The zero-order chi connectivity index (χ0) is 15.5. The van der Waals surface area contributed by atoms with Crippen molar-refractivity contribution in [1.29, 1.82) is 0 Å².